The van der Waals surface area contributed by atoms with Crippen LogP contribution in [-0.4, -0.2) is 5.11 Å². The highest BCUT2D eigenvalue weighted by Gasteiger charge is 2.25. The summed E-state index contributed by atoms with van der Waals surface area (Å²) in [6.45, 7) is 21.8. The molecule has 0 radical (unpaired) electrons. The van der Waals surface area contributed by atoms with Crippen LogP contribution in [0, 0.1) is 12.8 Å². The standard InChI is InChI=1S/C16H26O.C5H12.CH4/c1-8-16(6,7)12-9-11(2)14(17)13(10-12)15(3,4)5;1-4-5(2)3;/h9-10,17H,8H2,1-7H3;5H,4H2,1-3H3;1H4. The molecule has 0 heterocycles. The van der Waals surface area contributed by atoms with E-state index < -0.39 is 0 Å². The van der Waals surface area contributed by atoms with Gasteiger partial charge in [0.25, 0.3) is 0 Å². The molecule has 1 aromatic rings. The van der Waals surface area contributed by atoms with Crippen molar-refractivity contribution >= 4 is 0 Å². The first-order valence-electron chi connectivity index (χ1n) is 8.71. The summed E-state index contributed by atoms with van der Waals surface area (Å²) in [5.74, 6) is 1.34. The molecule has 0 saturated heterocycles. The minimum absolute atomic E-state index is 0. The van der Waals surface area contributed by atoms with Crippen LogP contribution < -0.4 is 0 Å². The third-order valence-corrected chi connectivity index (χ3v) is 4.59. The molecule has 1 nitrogen and oxygen atoms in total. The topological polar surface area (TPSA) is 20.2 Å². The van der Waals surface area contributed by atoms with E-state index in [4.69, 9.17) is 0 Å². The second kappa shape index (κ2) is 9.35. The Hall–Kier alpha value is -0.980. The maximum atomic E-state index is 10.2. The molecule has 0 atom stereocenters. The molecule has 0 unspecified atom stereocenters. The van der Waals surface area contributed by atoms with Gasteiger partial charge in [0.15, 0.2) is 0 Å². The Morgan fingerprint density at radius 1 is 1.00 bits per heavy atom. The molecule has 0 amide bonds. The van der Waals surface area contributed by atoms with Crippen molar-refractivity contribution in [2.45, 2.75) is 100 Å². The first-order valence-corrected chi connectivity index (χ1v) is 8.71. The molecule has 1 N–H and O–H groups in total. The van der Waals surface area contributed by atoms with Crippen molar-refractivity contribution in [3.63, 3.8) is 0 Å². The number of aromatic hydroxyl groups is 1. The fraction of sp³-hybridized carbons (Fsp3) is 0.727. The van der Waals surface area contributed by atoms with Crippen molar-refractivity contribution in [1.82, 2.24) is 0 Å². The van der Waals surface area contributed by atoms with Gasteiger partial charge in [0.2, 0.25) is 0 Å². The minimum Gasteiger partial charge on any atom is -0.507 e. The first kappa shape index (κ1) is 24.3. The molecule has 23 heavy (non-hydrogen) atoms. The van der Waals surface area contributed by atoms with E-state index in [9.17, 15) is 5.11 Å². The molecule has 0 spiro atoms. The Balaban J connectivity index is 0. The molecule has 136 valence electrons. The van der Waals surface area contributed by atoms with E-state index in [1.54, 1.807) is 0 Å². The van der Waals surface area contributed by atoms with Gasteiger partial charge in [-0.2, -0.15) is 0 Å². The Morgan fingerprint density at radius 2 is 1.43 bits per heavy atom. The smallest absolute Gasteiger partial charge is 0.122 e. The zero-order valence-electron chi connectivity index (χ0n) is 16.6. The van der Waals surface area contributed by atoms with E-state index in [2.05, 4.69) is 74.4 Å². The third-order valence-electron chi connectivity index (χ3n) is 4.59. The van der Waals surface area contributed by atoms with Crippen molar-refractivity contribution in [3.05, 3.63) is 28.8 Å². The first-order chi connectivity index (χ1) is 9.86. The molecular formula is C22H42O. The summed E-state index contributed by atoms with van der Waals surface area (Å²) in [5.41, 5.74) is 3.50. The molecule has 0 aromatic heterocycles. The van der Waals surface area contributed by atoms with E-state index in [1.165, 1.54) is 12.0 Å². The molecule has 0 fully saturated rings. The van der Waals surface area contributed by atoms with Crippen LogP contribution in [0.15, 0.2) is 12.1 Å². The number of phenols is 1. The van der Waals surface area contributed by atoms with E-state index in [-0.39, 0.29) is 18.3 Å². The summed E-state index contributed by atoms with van der Waals surface area (Å²) in [6, 6.07) is 4.29. The average Bonchev–Trinajstić information content (AvgIpc) is 2.40. The van der Waals surface area contributed by atoms with E-state index in [0.29, 0.717) is 5.75 Å². The minimum atomic E-state index is -0.0192. The highest BCUT2D eigenvalue weighted by molar-refractivity contribution is 5.48. The lowest BCUT2D eigenvalue weighted by Crippen LogP contribution is -2.19. The fourth-order valence-corrected chi connectivity index (χ4v) is 1.95. The molecule has 0 bridgehead atoms. The Bertz CT molecular complexity index is 462. The van der Waals surface area contributed by atoms with Gasteiger partial charge in [0.1, 0.15) is 5.75 Å². The summed E-state index contributed by atoms with van der Waals surface area (Å²) in [4.78, 5) is 0. The van der Waals surface area contributed by atoms with Crippen molar-refractivity contribution in [3.8, 4) is 5.75 Å². The Labute approximate surface area is 146 Å². The second-order valence-corrected chi connectivity index (χ2v) is 8.48. The lowest BCUT2D eigenvalue weighted by Gasteiger charge is -2.28. The monoisotopic (exact) mass is 322 g/mol. The molecule has 0 aliphatic carbocycles. The highest BCUT2D eigenvalue weighted by Crippen LogP contribution is 2.38. The summed E-state index contributed by atoms with van der Waals surface area (Å²) in [5, 5.41) is 10.2. The lowest BCUT2D eigenvalue weighted by molar-refractivity contribution is 0.438. The number of hydrogen-bond acceptors (Lipinski definition) is 1. The van der Waals surface area contributed by atoms with Gasteiger partial charge in [-0.05, 0) is 46.8 Å². The predicted octanol–water partition coefficient (Wildman–Crippen LogP) is 7.37. The molecule has 0 aliphatic heterocycles. The SMILES string of the molecule is C.CCC(C)(C)c1cc(C)c(O)c(C(C)(C)C)c1.CCC(C)C. The fourth-order valence-electron chi connectivity index (χ4n) is 1.95. The van der Waals surface area contributed by atoms with Crippen LogP contribution in [0.3, 0.4) is 0 Å². The van der Waals surface area contributed by atoms with Gasteiger partial charge < -0.3 is 5.11 Å². The quantitative estimate of drug-likeness (QED) is 0.615. The molecule has 1 aromatic carbocycles. The van der Waals surface area contributed by atoms with Crippen LogP contribution in [0.4, 0.5) is 0 Å². The summed E-state index contributed by atoms with van der Waals surface area (Å²) in [7, 11) is 0. The van der Waals surface area contributed by atoms with Gasteiger partial charge in [-0.15, -0.1) is 0 Å². The van der Waals surface area contributed by atoms with Crippen LogP contribution >= 0.6 is 0 Å². The van der Waals surface area contributed by atoms with Gasteiger partial charge >= 0.3 is 0 Å². The van der Waals surface area contributed by atoms with Gasteiger partial charge in [-0.3, -0.25) is 0 Å². The summed E-state index contributed by atoms with van der Waals surface area (Å²) >= 11 is 0. The molecule has 1 heteroatoms. The van der Waals surface area contributed by atoms with Crippen LogP contribution in [0.1, 0.15) is 99.3 Å². The number of phenolic OH excluding ortho intramolecular Hbond substituents is 1. The van der Waals surface area contributed by atoms with E-state index in [1.807, 2.05) is 6.92 Å². The largest absolute Gasteiger partial charge is 0.507 e. The van der Waals surface area contributed by atoms with E-state index >= 15 is 0 Å². The maximum Gasteiger partial charge on any atom is 0.122 e. The van der Waals surface area contributed by atoms with Crippen molar-refractivity contribution in [1.29, 1.82) is 0 Å². The molecule has 1 rings (SSSR count). The van der Waals surface area contributed by atoms with Gasteiger partial charge in [-0.25, -0.2) is 0 Å². The van der Waals surface area contributed by atoms with Crippen molar-refractivity contribution < 1.29 is 5.11 Å². The number of rotatable bonds is 3. The zero-order chi connectivity index (χ0) is 17.7. The van der Waals surface area contributed by atoms with Crippen LogP contribution in [0.5, 0.6) is 5.75 Å². The molecule has 0 saturated carbocycles. The Morgan fingerprint density at radius 3 is 1.74 bits per heavy atom. The predicted molar refractivity (Wildman–Crippen MR) is 107 cm³/mol. The van der Waals surface area contributed by atoms with Crippen molar-refractivity contribution in [2.75, 3.05) is 0 Å². The van der Waals surface area contributed by atoms with Crippen LogP contribution in [0.2, 0.25) is 0 Å². The van der Waals surface area contributed by atoms with Crippen molar-refractivity contribution in [2.24, 2.45) is 5.92 Å². The third kappa shape index (κ3) is 7.42. The summed E-state index contributed by atoms with van der Waals surface area (Å²) in [6.07, 6.45) is 2.40. The highest BCUT2D eigenvalue weighted by atomic mass is 16.3. The maximum absolute atomic E-state index is 10.2. The second-order valence-electron chi connectivity index (χ2n) is 8.48. The molecular weight excluding hydrogens is 280 g/mol. The molecule has 0 aliphatic rings. The van der Waals surface area contributed by atoms with Crippen LogP contribution in [0.25, 0.3) is 0 Å². The summed E-state index contributed by atoms with van der Waals surface area (Å²) < 4.78 is 0. The normalized spacial score (nSPS) is 11.6. The van der Waals surface area contributed by atoms with Crippen LogP contribution in [-0.2, 0) is 10.8 Å². The number of benzene rings is 1. The van der Waals surface area contributed by atoms with Gasteiger partial charge in [0.05, 0.1) is 0 Å². The van der Waals surface area contributed by atoms with Gasteiger partial charge in [0, 0.05) is 0 Å². The zero-order valence-corrected chi connectivity index (χ0v) is 16.6. The van der Waals surface area contributed by atoms with Gasteiger partial charge in [-0.1, -0.05) is 88.3 Å². The Kier molecular flexibility index (Phi) is 9.87. The average molecular weight is 323 g/mol. The lowest BCUT2D eigenvalue weighted by atomic mass is 9.77. The van der Waals surface area contributed by atoms with E-state index in [0.717, 1.165) is 23.5 Å². The number of hydrogen-bond donors (Lipinski definition) is 1. The number of aryl methyl sites for hydroxylation is 1.